The van der Waals surface area contributed by atoms with Crippen molar-refractivity contribution in [3.05, 3.63) is 94.0 Å². The molecule has 0 radical (unpaired) electrons. The van der Waals surface area contributed by atoms with Crippen molar-refractivity contribution in [1.82, 2.24) is 4.98 Å². The van der Waals surface area contributed by atoms with Crippen LogP contribution in [0.1, 0.15) is 27.0 Å². The molecule has 0 aliphatic rings. The zero-order chi connectivity index (χ0) is 21.0. The number of aromatic nitrogens is 1. The number of aryl methyl sites for hydroxylation is 1. The van der Waals surface area contributed by atoms with E-state index in [1.54, 1.807) is 37.3 Å². The van der Waals surface area contributed by atoms with Crippen molar-refractivity contribution in [2.24, 2.45) is 4.36 Å². The van der Waals surface area contributed by atoms with Gasteiger partial charge in [0.2, 0.25) is 0 Å². The van der Waals surface area contributed by atoms with E-state index in [-0.39, 0.29) is 11.4 Å². The van der Waals surface area contributed by atoms with E-state index in [0.717, 1.165) is 0 Å². The summed E-state index contributed by atoms with van der Waals surface area (Å²) in [5.74, 6) is 4.84. The van der Waals surface area contributed by atoms with Crippen molar-refractivity contribution < 1.29 is 13.4 Å². The lowest BCUT2D eigenvalue weighted by atomic mass is 10.1. The summed E-state index contributed by atoms with van der Waals surface area (Å²) in [5.41, 5.74) is 1.79. The van der Waals surface area contributed by atoms with Gasteiger partial charge >= 0.3 is 0 Å². The van der Waals surface area contributed by atoms with E-state index in [1.165, 1.54) is 36.8 Å². The summed E-state index contributed by atoms with van der Waals surface area (Å²) in [5, 5.41) is 0.412. The topological polar surface area (TPSA) is 59.4 Å². The molecule has 0 bridgehead atoms. The minimum Gasteiger partial charge on any atom is -0.266 e. The van der Waals surface area contributed by atoms with Crippen molar-refractivity contribution in [3.63, 3.8) is 0 Å². The maximum Gasteiger partial charge on any atom is 0.286 e. The number of pyridine rings is 1. The van der Waals surface area contributed by atoms with Gasteiger partial charge in [-0.2, -0.15) is 4.36 Å². The number of halogens is 2. The first kappa shape index (κ1) is 20.7. The van der Waals surface area contributed by atoms with Crippen LogP contribution in [0.4, 0.5) is 4.39 Å². The van der Waals surface area contributed by atoms with Gasteiger partial charge in [-0.1, -0.05) is 29.5 Å². The van der Waals surface area contributed by atoms with Crippen molar-refractivity contribution in [3.8, 4) is 11.8 Å². The second-order valence-electron chi connectivity index (χ2n) is 6.33. The van der Waals surface area contributed by atoms with Gasteiger partial charge in [0, 0.05) is 39.7 Å². The van der Waals surface area contributed by atoms with E-state index in [1.807, 2.05) is 0 Å². The second-order valence-corrected chi connectivity index (χ2v) is 9.03. The monoisotopic (exact) mass is 426 g/mol. The molecule has 3 rings (SSSR count). The number of nitrogens with zero attached hydrogens (tertiary/aromatic N) is 2. The molecule has 0 saturated carbocycles. The first-order valence-corrected chi connectivity index (χ1v) is 10.8. The SMILES string of the molecule is Cc1cc(C#Cc2cncc(C(=O)N=S(C)(=O)c3cccc(Cl)c3)c2)ccc1F. The fraction of sp³-hybridized carbons (Fsp3) is 0.0909. The van der Waals surface area contributed by atoms with Gasteiger partial charge in [-0.15, -0.1) is 0 Å². The standard InChI is InChI=1S/C22H16ClFN2O2S/c1-15-10-16(8-9-21(15)24)6-7-17-11-18(14-25-13-17)22(27)26-29(2,28)20-5-3-4-19(23)12-20/h3-5,8-14H,1-2H3. The highest BCUT2D eigenvalue weighted by Gasteiger charge is 2.12. The molecule has 1 unspecified atom stereocenters. The van der Waals surface area contributed by atoms with Gasteiger partial charge in [-0.05, 0) is 55.0 Å². The Hall–Kier alpha value is -3.01. The second kappa shape index (κ2) is 8.56. The van der Waals surface area contributed by atoms with Crippen LogP contribution in [0.2, 0.25) is 5.02 Å². The molecule has 0 fully saturated rings. The van der Waals surface area contributed by atoms with E-state index in [9.17, 15) is 13.4 Å². The molecule has 0 spiro atoms. The van der Waals surface area contributed by atoms with E-state index in [4.69, 9.17) is 11.6 Å². The number of hydrogen-bond acceptors (Lipinski definition) is 3. The Balaban J connectivity index is 1.89. The normalized spacial score (nSPS) is 12.4. The van der Waals surface area contributed by atoms with Gasteiger partial charge in [-0.25, -0.2) is 8.60 Å². The largest absolute Gasteiger partial charge is 0.286 e. The minimum absolute atomic E-state index is 0.170. The lowest BCUT2D eigenvalue weighted by molar-refractivity contribution is 0.100. The van der Waals surface area contributed by atoms with Crippen LogP contribution in [0.25, 0.3) is 0 Å². The molecular weight excluding hydrogens is 411 g/mol. The number of carbonyl (C=O) groups is 1. The zero-order valence-corrected chi connectivity index (χ0v) is 17.2. The van der Waals surface area contributed by atoms with Crippen LogP contribution < -0.4 is 0 Å². The zero-order valence-electron chi connectivity index (χ0n) is 15.6. The summed E-state index contributed by atoms with van der Waals surface area (Å²) in [4.78, 5) is 16.9. The third-order valence-electron chi connectivity index (χ3n) is 3.98. The van der Waals surface area contributed by atoms with Crippen LogP contribution in [0, 0.1) is 24.6 Å². The summed E-state index contributed by atoms with van der Waals surface area (Å²) in [6.07, 6.45) is 4.22. The quantitative estimate of drug-likeness (QED) is 0.549. The molecule has 1 amide bonds. The molecule has 0 N–H and O–H groups in total. The van der Waals surface area contributed by atoms with Gasteiger partial charge < -0.3 is 0 Å². The van der Waals surface area contributed by atoms with E-state index in [2.05, 4.69) is 21.2 Å². The van der Waals surface area contributed by atoms with Crippen molar-refractivity contribution in [1.29, 1.82) is 0 Å². The smallest absolute Gasteiger partial charge is 0.266 e. The molecule has 0 saturated heterocycles. The van der Waals surface area contributed by atoms with Crippen LogP contribution >= 0.6 is 11.6 Å². The molecular formula is C22H16ClFN2O2S. The Morgan fingerprint density at radius 1 is 1.10 bits per heavy atom. The first-order chi connectivity index (χ1) is 13.7. The fourth-order valence-corrected chi connectivity index (χ4v) is 3.92. The fourth-order valence-electron chi connectivity index (χ4n) is 2.46. The molecule has 0 aliphatic carbocycles. The van der Waals surface area contributed by atoms with Gasteiger partial charge in [0.15, 0.2) is 0 Å². The summed E-state index contributed by atoms with van der Waals surface area (Å²) < 4.78 is 30.1. The Kier molecular flexibility index (Phi) is 6.12. The van der Waals surface area contributed by atoms with Gasteiger partial charge in [0.25, 0.3) is 5.91 Å². The molecule has 29 heavy (non-hydrogen) atoms. The minimum atomic E-state index is -2.97. The van der Waals surface area contributed by atoms with Gasteiger partial charge in [0.1, 0.15) is 5.82 Å². The van der Waals surface area contributed by atoms with Crippen LogP contribution in [-0.2, 0) is 9.73 Å². The van der Waals surface area contributed by atoms with Crippen molar-refractivity contribution in [2.45, 2.75) is 11.8 Å². The van der Waals surface area contributed by atoms with Crippen LogP contribution in [0.5, 0.6) is 0 Å². The maximum atomic E-state index is 13.3. The summed E-state index contributed by atoms with van der Waals surface area (Å²) in [7, 11) is -2.97. The first-order valence-electron chi connectivity index (χ1n) is 8.50. The number of benzene rings is 2. The molecule has 7 heteroatoms. The predicted octanol–water partition coefficient (Wildman–Crippen LogP) is 4.88. The highest BCUT2D eigenvalue weighted by molar-refractivity contribution is 7.93. The maximum absolute atomic E-state index is 13.3. The van der Waals surface area contributed by atoms with E-state index in [0.29, 0.717) is 26.6 Å². The number of rotatable bonds is 2. The average Bonchev–Trinajstić information content (AvgIpc) is 2.69. The van der Waals surface area contributed by atoms with E-state index >= 15 is 0 Å². The number of carbonyl (C=O) groups excluding carboxylic acids is 1. The lowest BCUT2D eigenvalue weighted by Crippen LogP contribution is -2.04. The Bertz CT molecular complexity index is 1290. The van der Waals surface area contributed by atoms with Gasteiger partial charge in [0.05, 0.1) is 15.3 Å². The Morgan fingerprint density at radius 3 is 2.59 bits per heavy atom. The average molecular weight is 427 g/mol. The number of amides is 1. The molecule has 3 aromatic rings. The van der Waals surface area contributed by atoms with Crippen LogP contribution in [0.3, 0.4) is 0 Å². The molecule has 0 aliphatic heterocycles. The predicted molar refractivity (Wildman–Crippen MR) is 112 cm³/mol. The van der Waals surface area contributed by atoms with Crippen molar-refractivity contribution >= 4 is 27.2 Å². The van der Waals surface area contributed by atoms with Crippen LogP contribution in [-0.4, -0.2) is 21.4 Å². The summed E-state index contributed by atoms with van der Waals surface area (Å²) in [6.45, 7) is 1.66. The number of hydrogen-bond donors (Lipinski definition) is 0. The van der Waals surface area contributed by atoms with Gasteiger partial charge in [-0.3, -0.25) is 9.78 Å². The lowest BCUT2D eigenvalue weighted by Gasteiger charge is -2.04. The summed E-state index contributed by atoms with van der Waals surface area (Å²) >= 11 is 5.93. The van der Waals surface area contributed by atoms with Crippen molar-refractivity contribution in [2.75, 3.05) is 6.26 Å². The molecule has 1 atom stereocenters. The molecule has 4 nitrogen and oxygen atoms in total. The molecule has 146 valence electrons. The highest BCUT2D eigenvalue weighted by Crippen LogP contribution is 2.18. The third kappa shape index (κ3) is 5.29. The highest BCUT2D eigenvalue weighted by atomic mass is 35.5. The molecule has 1 heterocycles. The summed E-state index contributed by atoms with van der Waals surface area (Å²) in [6, 6.07) is 12.5. The molecule has 2 aromatic carbocycles. The Labute approximate surface area is 173 Å². The Morgan fingerprint density at radius 2 is 1.86 bits per heavy atom. The third-order valence-corrected chi connectivity index (χ3v) is 5.86. The van der Waals surface area contributed by atoms with E-state index < -0.39 is 15.6 Å². The van der Waals surface area contributed by atoms with Crippen LogP contribution in [0.15, 0.2) is 70.2 Å². The molecule has 1 aromatic heterocycles.